The van der Waals surface area contributed by atoms with E-state index in [-0.39, 0.29) is 41.7 Å². The van der Waals surface area contributed by atoms with Crippen molar-refractivity contribution in [3.8, 4) is 0 Å². The molecule has 1 N–H and O–H groups in total. The lowest BCUT2D eigenvalue weighted by atomic mass is 10.1. The van der Waals surface area contributed by atoms with Crippen molar-refractivity contribution in [3.63, 3.8) is 0 Å². The molecule has 1 aromatic rings. The van der Waals surface area contributed by atoms with Crippen LogP contribution >= 0.6 is 0 Å². The van der Waals surface area contributed by atoms with Crippen LogP contribution in [0.25, 0.3) is 0 Å². The zero-order valence-corrected chi connectivity index (χ0v) is 13.1. The first-order valence-electron chi connectivity index (χ1n) is 6.97. The average Bonchev–Trinajstić information content (AvgIpc) is 2.45. The third-order valence-electron chi connectivity index (χ3n) is 2.89. The molecular weight excluding hydrogens is 288 g/mol. The van der Waals surface area contributed by atoms with Crippen LogP contribution in [0.2, 0.25) is 0 Å². The zero-order valence-electron chi connectivity index (χ0n) is 13.1. The standard InChI is InChI=1S/C15H20N2O5/c1-9(2)14(18)16-12-6-5-11(7-13(12)17(20)21)8-22-15(19)10(3)4/h5-7,9-10H,8H2,1-4H3,(H,16,18). The first-order chi connectivity index (χ1) is 10.2. The van der Waals surface area contributed by atoms with E-state index >= 15 is 0 Å². The Morgan fingerprint density at radius 2 is 1.86 bits per heavy atom. The summed E-state index contributed by atoms with van der Waals surface area (Å²) < 4.78 is 5.03. The summed E-state index contributed by atoms with van der Waals surface area (Å²) in [5.41, 5.74) is 0.387. The number of rotatable bonds is 6. The van der Waals surface area contributed by atoms with E-state index in [1.165, 1.54) is 12.1 Å². The molecule has 0 radical (unpaired) electrons. The Labute approximate surface area is 128 Å². The van der Waals surface area contributed by atoms with Gasteiger partial charge in [0, 0.05) is 12.0 Å². The highest BCUT2D eigenvalue weighted by atomic mass is 16.6. The van der Waals surface area contributed by atoms with E-state index in [0.717, 1.165) is 0 Å². The molecule has 22 heavy (non-hydrogen) atoms. The van der Waals surface area contributed by atoms with E-state index < -0.39 is 4.92 Å². The third-order valence-corrected chi connectivity index (χ3v) is 2.89. The fourth-order valence-corrected chi connectivity index (χ4v) is 1.52. The van der Waals surface area contributed by atoms with Gasteiger partial charge in [0.2, 0.25) is 5.91 Å². The molecule has 7 nitrogen and oxygen atoms in total. The second-order valence-corrected chi connectivity index (χ2v) is 5.51. The Bertz CT molecular complexity index is 581. The number of nitrogens with zero attached hydrogens (tertiary/aromatic N) is 1. The summed E-state index contributed by atoms with van der Waals surface area (Å²) in [6, 6.07) is 4.32. The highest BCUT2D eigenvalue weighted by Gasteiger charge is 2.18. The molecule has 7 heteroatoms. The molecule has 1 aromatic carbocycles. The lowest BCUT2D eigenvalue weighted by molar-refractivity contribution is -0.384. The van der Waals surface area contributed by atoms with Gasteiger partial charge in [0.25, 0.3) is 5.69 Å². The van der Waals surface area contributed by atoms with Crippen LogP contribution in [0, 0.1) is 22.0 Å². The number of ether oxygens (including phenoxy) is 1. The van der Waals surface area contributed by atoms with E-state index in [4.69, 9.17) is 4.74 Å². The summed E-state index contributed by atoms with van der Waals surface area (Å²) >= 11 is 0. The van der Waals surface area contributed by atoms with Crippen LogP contribution in [-0.4, -0.2) is 16.8 Å². The van der Waals surface area contributed by atoms with Crippen molar-refractivity contribution < 1.29 is 19.2 Å². The summed E-state index contributed by atoms with van der Waals surface area (Å²) in [6.07, 6.45) is 0. The molecule has 0 unspecified atom stereocenters. The van der Waals surface area contributed by atoms with Crippen molar-refractivity contribution in [2.75, 3.05) is 5.32 Å². The topological polar surface area (TPSA) is 98.5 Å². The zero-order chi connectivity index (χ0) is 16.9. The predicted molar refractivity (Wildman–Crippen MR) is 81.2 cm³/mol. The molecule has 0 spiro atoms. The molecule has 0 aromatic heterocycles. The maximum Gasteiger partial charge on any atom is 0.308 e. The van der Waals surface area contributed by atoms with Crippen molar-refractivity contribution in [2.24, 2.45) is 11.8 Å². The van der Waals surface area contributed by atoms with Gasteiger partial charge in [-0.2, -0.15) is 0 Å². The van der Waals surface area contributed by atoms with Gasteiger partial charge in [-0.05, 0) is 11.6 Å². The van der Waals surface area contributed by atoms with Gasteiger partial charge in [-0.25, -0.2) is 0 Å². The van der Waals surface area contributed by atoms with Crippen molar-refractivity contribution in [2.45, 2.75) is 34.3 Å². The summed E-state index contributed by atoms with van der Waals surface area (Å²) in [5.74, 6) is -1.23. The molecule has 0 fully saturated rings. The molecule has 0 aliphatic heterocycles. The van der Waals surface area contributed by atoms with E-state index in [0.29, 0.717) is 5.56 Å². The van der Waals surface area contributed by atoms with Gasteiger partial charge in [-0.1, -0.05) is 33.8 Å². The first kappa shape index (κ1) is 17.6. The predicted octanol–water partition coefficient (Wildman–Crippen LogP) is 2.89. The number of hydrogen-bond donors (Lipinski definition) is 1. The van der Waals surface area contributed by atoms with Crippen LogP contribution in [0.15, 0.2) is 18.2 Å². The van der Waals surface area contributed by atoms with Crippen LogP contribution in [-0.2, 0) is 20.9 Å². The molecule has 0 atom stereocenters. The molecule has 0 aliphatic carbocycles. The Morgan fingerprint density at radius 1 is 1.23 bits per heavy atom. The fourth-order valence-electron chi connectivity index (χ4n) is 1.52. The highest BCUT2D eigenvalue weighted by molar-refractivity contribution is 5.94. The number of esters is 1. The number of nitro benzene ring substituents is 1. The normalized spacial score (nSPS) is 10.6. The molecule has 1 rings (SSSR count). The number of benzene rings is 1. The molecular formula is C15H20N2O5. The van der Waals surface area contributed by atoms with Crippen molar-refractivity contribution in [1.82, 2.24) is 0 Å². The highest BCUT2D eigenvalue weighted by Crippen LogP contribution is 2.26. The van der Waals surface area contributed by atoms with Gasteiger partial charge >= 0.3 is 5.97 Å². The Hall–Kier alpha value is -2.44. The van der Waals surface area contributed by atoms with E-state index in [1.807, 2.05) is 0 Å². The summed E-state index contributed by atoms with van der Waals surface area (Å²) in [7, 11) is 0. The number of carbonyl (C=O) groups excluding carboxylic acids is 2. The van der Waals surface area contributed by atoms with Crippen LogP contribution in [0.1, 0.15) is 33.3 Å². The molecule has 0 heterocycles. The molecule has 0 saturated carbocycles. The van der Waals surface area contributed by atoms with E-state index in [9.17, 15) is 19.7 Å². The minimum atomic E-state index is -0.580. The second-order valence-electron chi connectivity index (χ2n) is 5.51. The van der Waals surface area contributed by atoms with Gasteiger partial charge < -0.3 is 10.1 Å². The number of amides is 1. The van der Waals surface area contributed by atoms with Gasteiger partial charge in [-0.15, -0.1) is 0 Å². The second kappa shape index (κ2) is 7.53. The molecule has 0 bridgehead atoms. The molecule has 0 saturated heterocycles. The van der Waals surface area contributed by atoms with Crippen LogP contribution in [0.4, 0.5) is 11.4 Å². The maximum absolute atomic E-state index is 11.7. The Morgan fingerprint density at radius 3 is 2.36 bits per heavy atom. The first-order valence-corrected chi connectivity index (χ1v) is 6.97. The van der Waals surface area contributed by atoms with Gasteiger partial charge in [-0.3, -0.25) is 19.7 Å². The Kier molecular flexibility index (Phi) is 6.03. The van der Waals surface area contributed by atoms with Crippen LogP contribution in [0.5, 0.6) is 0 Å². The number of nitrogens with one attached hydrogen (secondary N) is 1. The Balaban J connectivity index is 2.92. The van der Waals surface area contributed by atoms with Gasteiger partial charge in [0.1, 0.15) is 12.3 Å². The lowest BCUT2D eigenvalue weighted by Crippen LogP contribution is -2.18. The van der Waals surface area contributed by atoms with Gasteiger partial charge in [0.15, 0.2) is 0 Å². The monoisotopic (exact) mass is 308 g/mol. The van der Waals surface area contributed by atoms with E-state index in [1.54, 1.807) is 33.8 Å². The molecule has 0 aliphatic rings. The van der Waals surface area contributed by atoms with Crippen LogP contribution in [0.3, 0.4) is 0 Å². The summed E-state index contributed by atoms with van der Waals surface area (Å²) in [6.45, 7) is 6.75. The largest absolute Gasteiger partial charge is 0.461 e. The number of hydrogen-bond acceptors (Lipinski definition) is 5. The van der Waals surface area contributed by atoms with Crippen molar-refractivity contribution in [3.05, 3.63) is 33.9 Å². The minimum absolute atomic E-state index is 0.0454. The summed E-state index contributed by atoms with van der Waals surface area (Å²) in [5, 5.41) is 13.6. The quantitative estimate of drug-likeness (QED) is 0.495. The number of carbonyl (C=O) groups is 2. The van der Waals surface area contributed by atoms with Crippen LogP contribution < -0.4 is 5.32 Å². The minimum Gasteiger partial charge on any atom is -0.461 e. The third kappa shape index (κ3) is 4.83. The number of nitro groups is 1. The van der Waals surface area contributed by atoms with E-state index in [2.05, 4.69) is 5.32 Å². The van der Waals surface area contributed by atoms with Crippen molar-refractivity contribution >= 4 is 23.3 Å². The fraction of sp³-hybridized carbons (Fsp3) is 0.467. The average molecular weight is 308 g/mol. The maximum atomic E-state index is 11.7. The van der Waals surface area contributed by atoms with Crippen molar-refractivity contribution in [1.29, 1.82) is 0 Å². The van der Waals surface area contributed by atoms with Gasteiger partial charge in [0.05, 0.1) is 10.8 Å². The molecule has 120 valence electrons. The smallest absolute Gasteiger partial charge is 0.308 e. The SMILES string of the molecule is CC(C)C(=O)Nc1ccc(COC(=O)C(C)C)cc1[N+](=O)[O-]. The summed E-state index contributed by atoms with van der Waals surface area (Å²) in [4.78, 5) is 33.6. The number of anilines is 1. The lowest BCUT2D eigenvalue weighted by Gasteiger charge is -2.10. The molecule has 1 amide bonds.